The minimum atomic E-state index is -0.276. The van der Waals surface area contributed by atoms with Crippen molar-refractivity contribution in [2.45, 2.75) is 12.5 Å². The number of anilines is 1. The maximum absolute atomic E-state index is 12.0. The molecule has 0 bridgehead atoms. The summed E-state index contributed by atoms with van der Waals surface area (Å²) in [7, 11) is 0. The number of urea groups is 1. The highest BCUT2D eigenvalue weighted by Crippen LogP contribution is 2.18. The van der Waals surface area contributed by atoms with Gasteiger partial charge in [-0.3, -0.25) is 10.3 Å². The Morgan fingerprint density at radius 1 is 1.42 bits per heavy atom. The molecule has 0 spiro atoms. The Morgan fingerprint density at radius 3 is 3.00 bits per heavy atom. The van der Waals surface area contributed by atoms with Crippen LogP contribution in [0.4, 0.5) is 10.6 Å². The highest BCUT2D eigenvalue weighted by Gasteiger charge is 2.16. The molecule has 3 rings (SSSR count). The summed E-state index contributed by atoms with van der Waals surface area (Å²) in [5, 5.41) is 16.2. The van der Waals surface area contributed by atoms with Gasteiger partial charge in [-0.25, -0.2) is 9.78 Å². The fourth-order valence-electron chi connectivity index (χ4n) is 2.58. The van der Waals surface area contributed by atoms with Gasteiger partial charge in [0.1, 0.15) is 5.82 Å². The van der Waals surface area contributed by atoms with Gasteiger partial charge in [-0.05, 0) is 31.2 Å². The molecule has 3 heterocycles. The number of pyridine rings is 2. The van der Waals surface area contributed by atoms with Crippen molar-refractivity contribution in [2.24, 2.45) is 5.73 Å². The van der Waals surface area contributed by atoms with Crippen LogP contribution in [0.3, 0.4) is 0 Å². The molecule has 6 N–H and O–H groups in total. The molecule has 1 atom stereocenters. The molecular weight excluding hydrogens is 306 g/mol. The van der Waals surface area contributed by atoms with Gasteiger partial charge >= 0.3 is 6.03 Å². The Hall–Kier alpha value is -3.00. The fraction of sp³-hybridized carbons (Fsp3) is 0.250. The van der Waals surface area contributed by atoms with Crippen molar-refractivity contribution in [1.29, 1.82) is 5.41 Å². The van der Waals surface area contributed by atoms with E-state index in [-0.39, 0.29) is 12.1 Å². The molecule has 1 aliphatic rings. The maximum atomic E-state index is 12.0. The number of hydrogen-bond acceptors (Lipinski definition) is 6. The second kappa shape index (κ2) is 7.05. The molecule has 0 unspecified atom stereocenters. The number of nitrogens with one attached hydrogen (secondary N) is 4. The summed E-state index contributed by atoms with van der Waals surface area (Å²) in [4.78, 5) is 20.7. The first-order valence-electron chi connectivity index (χ1n) is 7.67. The molecule has 8 nitrogen and oxygen atoms in total. The second-order valence-corrected chi connectivity index (χ2v) is 5.51. The van der Waals surface area contributed by atoms with Crippen LogP contribution in [0, 0.1) is 5.41 Å². The largest absolute Gasteiger partial charge is 0.404 e. The maximum Gasteiger partial charge on any atom is 0.320 e. The highest BCUT2D eigenvalue weighted by atomic mass is 16.2. The lowest BCUT2D eigenvalue weighted by Crippen LogP contribution is -2.39. The monoisotopic (exact) mass is 325 g/mol. The van der Waals surface area contributed by atoms with Gasteiger partial charge < -0.3 is 21.8 Å². The zero-order valence-electron chi connectivity index (χ0n) is 13.0. The van der Waals surface area contributed by atoms with Crippen molar-refractivity contribution < 1.29 is 4.79 Å². The van der Waals surface area contributed by atoms with Crippen LogP contribution in [0.15, 0.2) is 30.6 Å². The van der Waals surface area contributed by atoms with Crippen LogP contribution < -0.4 is 21.7 Å². The molecule has 1 fully saturated rings. The molecule has 0 aromatic carbocycles. The SMILES string of the molecule is N=CC(=CN)c1cnc2ccc(NC(=O)N[C@@H]3CCNC3)nc2c1. The van der Waals surface area contributed by atoms with Crippen LogP contribution >= 0.6 is 0 Å². The Labute approximate surface area is 139 Å². The van der Waals surface area contributed by atoms with Gasteiger partial charge in [0, 0.05) is 42.3 Å². The molecule has 124 valence electrons. The van der Waals surface area contributed by atoms with Crippen molar-refractivity contribution in [3.8, 4) is 0 Å². The van der Waals surface area contributed by atoms with E-state index in [1.165, 1.54) is 6.20 Å². The summed E-state index contributed by atoms with van der Waals surface area (Å²) in [6, 6.07) is 5.15. The smallest absolute Gasteiger partial charge is 0.320 e. The standard InChI is InChI=1S/C16H19N7O/c17-6-11(7-18)10-5-14-13(20-8-10)1-2-15(22-14)23-16(24)21-12-3-4-19-9-12/h1-2,5-8,12,17,19H,3-4,9,18H2,(H2,21,22,23,24)/t12-/m1/s1. The van der Waals surface area contributed by atoms with Crippen LogP contribution in [0.1, 0.15) is 12.0 Å². The fourth-order valence-corrected chi connectivity index (χ4v) is 2.58. The van der Waals surface area contributed by atoms with Gasteiger partial charge in [0.2, 0.25) is 0 Å². The minimum absolute atomic E-state index is 0.142. The third-order valence-corrected chi connectivity index (χ3v) is 3.84. The van der Waals surface area contributed by atoms with Gasteiger partial charge in [0.05, 0.1) is 11.0 Å². The third kappa shape index (κ3) is 3.49. The average Bonchev–Trinajstić information content (AvgIpc) is 3.08. The molecule has 0 aliphatic carbocycles. The zero-order chi connectivity index (χ0) is 16.9. The number of nitrogens with two attached hydrogens (primary N) is 1. The van der Waals surface area contributed by atoms with Crippen LogP contribution in [0.2, 0.25) is 0 Å². The van der Waals surface area contributed by atoms with Crippen molar-refractivity contribution in [1.82, 2.24) is 20.6 Å². The van der Waals surface area contributed by atoms with E-state index in [4.69, 9.17) is 11.1 Å². The Bertz CT molecular complexity index is 796. The highest BCUT2D eigenvalue weighted by molar-refractivity contribution is 6.08. The molecule has 2 aromatic heterocycles. The third-order valence-electron chi connectivity index (χ3n) is 3.84. The number of rotatable bonds is 4. The molecule has 2 amide bonds. The number of carbonyl (C=O) groups is 1. The predicted octanol–water partition coefficient (Wildman–Crippen LogP) is 1.06. The number of carbonyl (C=O) groups excluding carboxylic acids is 1. The molecular formula is C16H19N7O. The first-order chi connectivity index (χ1) is 11.7. The summed E-state index contributed by atoms with van der Waals surface area (Å²) < 4.78 is 0. The molecule has 0 radical (unpaired) electrons. The second-order valence-electron chi connectivity index (χ2n) is 5.51. The number of fused-ring (bicyclic) bond motifs is 1. The lowest BCUT2D eigenvalue weighted by molar-refractivity contribution is 0.249. The average molecular weight is 325 g/mol. The number of nitrogens with zero attached hydrogens (tertiary/aromatic N) is 2. The number of allylic oxidation sites excluding steroid dienone is 1. The summed E-state index contributed by atoms with van der Waals surface area (Å²) in [5.41, 5.74) is 8.07. The van der Waals surface area contributed by atoms with Crippen LogP contribution in [-0.4, -0.2) is 41.3 Å². The Balaban J connectivity index is 1.78. The van der Waals surface area contributed by atoms with Crippen molar-refractivity contribution in [3.63, 3.8) is 0 Å². The van der Waals surface area contributed by atoms with Gasteiger partial charge in [-0.2, -0.15) is 0 Å². The predicted molar refractivity (Wildman–Crippen MR) is 93.9 cm³/mol. The van der Waals surface area contributed by atoms with Gasteiger partial charge in [0.25, 0.3) is 0 Å². The van der Waals surface area contributed by atoms with E-state index in [1.54, 1.807) is 24.4 Å². The Kier molecular flexibility index (Phi) is 4.66. The molecule has 2 aromatic rings. The number of amides is 2. The van der Waals surface area contributed by atoms with Crippen molar-refractivity contribution >= 4 is 34.7 Å². The topological polar surface area (TPSA) is 129 Å². The first-order valence-corrected chi connectivity index (χ1v) is 7.67. The molecule has 24 heavy (non-hydrogen) atoms. The van der Waals surface area contributed by atoms with E-state index in [0.29, 0.717) is 28.0 Å². The Morgan fingerprint density at radius 2 is 2.29 bits per heavy atom. The van der Waals surface area contributed by atoms with E-state index in [2.05, 4.69) is 25.9 Å². The lowest BCUT2D eigenvalue weighted by atomic mass is 10.1. The van der Waals surface area contributed by atoms with Gasteiger partial charge in [-0.15, -0.1) is 0 Å². The van der Waals surface area contributed by atoms with Crippen LogP contribution in [0.5, 0.6) is 0 Å². The molecule has 8 heteroatoms. The van der Waals surface area contributed by atoms with E-state index in [1.807, 2.05) is 0 Å². The summed E-state index contributed by atoms with van der Waals surface area (Å²) in [6.45, 7) is 1.70. The van der Waals surface area contributed by atoms with E-state index < -0.39 is 0 Å². The molecule has 1 aliphatic heterocycles. The van der Waals surface area contributed by atoms with Crippen molar-refractivity contribution in [2.75, 3.05) is 18.4 Å². The lowest BCUT2D eigenvalue weighted by Gasteiger charge is -2.12. The minimum Gasteiger partial charge on any atom is -0.404 e. The number of aromatic nitrogens is 2. The van der Waals surface area contributed by atoms with Crippen LogP contribution in [0.25, 0.3) is 16.6 Å². The van der Waals surface area contributed by atoms with E-state index >= 15 is 0 Å². The van der Waals surface area contributed by atoms with Crippen LogP contribution in [-0.2, 0) is 0 Å². The quantitative estimate of drug-likeness (QED) is 0.537. The van der Waals surface area contributed by atoms with E-state index in [9.17, 15) is 4.79 Å². The normalized spacial score (nSPS) is 17.7. The zero-order valence-corrected chi connectivity index (χ0v) is 13.0. The summed E-state index contributed by atoms with van der Waals surface area (Å²) >= 11 is 0. The molecule has 0 saturated carbocycles. The van der Waals surface area contributed by atoms with E-state index in [0.717, 1.165) is 25.7 Å². The van der Waals surface area contributed by atoms with Crippen molar-refractivity contribution in [3.05, 3.63) is 36.2 Å². The van der Waals surface area contributed by atoms with Gasteiger partial charge in [-0.1, -0.05) is 0 Å². The number of hydrogen-bond donors (Lipinski definition) is 5. The summed E-state index contributed by atoms with van der Waals surface area (Å²) in [6.07, 6.45) is 5.07. The molecule has 1 saturated heterocycles. The van der Waals surface area contributed by atoms with Gasteiger partial charge in [0.15, 0.2) is 0 Å². The summed E-state index contributed by atoms with van der Waals surface area (Å²) in [5.74, 6) is 0.443. The first kappa shape index (κ1) is 15.9.